The molecule has 2 amide bonds. The van der Waals surface area contributed by atoms with Gasteiger partial charge in [0.15, 0.2) is 0 Å². The summed E-state index contributed by atoms with van der Waals surface area (Å²) in [5.41, 5.74) is 6.23. The molecule has 96 valence electrons. The molecule has 0 aliphatic carbocycles. The predicted octanol–water partition coefficient (Wildman–Crippen LogP) is -0.157. The Labute approximate surface area is 110 Å². The maximum Gasteiger partial charge on any atom is 0.261 e. The number of likely N-dealkylation sites (N-methyl/N-ethyl adjacent to an activating group) is 1. The first-order valence-corrected chi connectivity index (χ1v) is 6.18. The Hall–Kier alpha value is -1.84. The Morgan fingerprint density at radius 3 is 2.83 bits per heavy atom. The number of aryl methyl sites for hydroxylation is 1. The van der Waals surface area contributed by atoms with Gasteiger partial charge in [0, 0.05) is 7.05 Å². The zero-order chi connectivity index (χ0) is 13.5. The molecule has 0 bridgehead atoms. The van der Waals surface area contributed by atoms with Crippen molar-refractivity contribution < 1.29 is 9.59 Å². The zero-order valence-corrected chi connectivity index (χ0v) is 11.1. The van der Waals surface area contributed by atoms with Gasteiger partial charge < -0.3 is 16.4 Å². The van der Waals surface area contributed by atoms with Gasteiger partial charge in [-0.2, -0.15) is 0 Å². The summed E-state index contributed by atoms with van der Waals surface area (Å²) in [6, 6.07) is 1.75. The molecule has 4 N–H and O–H groups in total. The minimum absolute atomic E-state index is 0.0317. The maximum atomic E-state index is 11.8. The van der Waals surface area contributed by atoms with Crippen molar-refractivity contribution in [3.63, 3.8) is 0 Å². The lowest BCUT2D eigenvalue weighted by molar-refractivity contribution is -0.119. The Balaban J connectivity index is 2.72. The molecule has 0 radical (unpaired) electrons. The summed E-state index contributed by atoms with van der Waals surface area (Å²) < 4.78 is 0. The summed E-state index contributed by atoms with van der Waals surface area (Å²) in [5, 5.41) is 4.96. The van der Waals surface area contributed by atoms with Gasteiger partial charge in [-0.05, 0) is 18.6 Å². The van der Waals surface area contributed by atoms with E-state index in [0.717, 1.165) is 10.4 Å². The van der Waals surface area contributed by atoms with Crippen LogP contribution in [0.5, 0.6) is 0 Å². The highest BCUT2D eigenvalue weighted by Crippen LogP contribution is 2.20. The first-order chi connectivity index (χ1) is 8.58. The molecule has 6 heteroatoms. The van der Waals surface area contributed by atoms with E-state index in [0.29, 0.717) is 4.88 Å². The number of rotatable bonds is 3. The molecular weight excluding hydrogens is 250 g/mol. The lowest BCUT2D eigenvalue weighted by atomic mass is 10.2. The zero-order valence-electron chi connectivity index (χ0n) is 10.3. The van der Waals surface area contributed by atoms with Crippen LogP contribution in [0.2, 0.25) is 0 Å². The Morgan fingerprint density at radius 1 is 1.50 bits per heavy atom. The normalized spacial score (nSPS) is 9.28. The third-order valence-corrected chi connectivity index (χ3v) is 3.29. The summed E-state index contributed by atoms with van der Waals surface area (Å²) in [6.45, 7) is 2.14. The number of amides is 2. The summed E-state index contributed by atoms with van der Waals surface area (Å²) in [6.07, 6.45) is 0. The van der Waals surface area contributed by atoms with Crippen LogP contribution in [0.25, 0.3) is 0 Å². The molecule has 0 aliphatic heterocycles. The molecule has 0 unspecified atom stereocenters. The number of nitrogens with two attached hydrogens (primary N) is 1. The van der Waals surface area contributed by atoms with Gasteiger partial charge in [-0.25, -0.2) is 0 Å². The number of nitrogens with one attached hydrogen (secondary N) is 2. The second-order valence-electron chi connectivity index (χ2n) is 3.48. The molecule has 1 heterocycles. The van der Waals surface area contributed by atoms with Gasteiger partial charge >= 0.3 is 0 Å². The van der Waals surface area contributed by atoms with E-state index in [1.54, 1.807) is 6.07 Å². The quantitative estimate of drug-likeness (QED) is 0.664. The van der Waals surface area contributed by atoms with E-state index < -0.39 is 0 Å². The molecule has 5 nitrogen and oxygen atoms in total. The fourth-order valence-electron chi connectivity index (χ4n) is 1.19. The molecule has 1 aromatic heterocycles. The maximum absolute atomic E-state index is 11.8. The molecule has 1 aromatic rings. The highest BCUT2D eigenvalue weighted by atomic mass is 32.1. The van der Waals surface area contributed by atoms with Crippen molar-refractivity contribution in [3.05, 3.63) is 21.4 Å². The van der Waals surface area contributed by atoms with Crippen LogP contribution in [0.1, 0.15) is 20.1 Å². The summed E-state index contributed by atoms with van der Waals surface area (Å²) >= 11 is 1.29. The van der Waals surface area contributed by atoms with Gasteiger partial charge in [0.2, 0.25) is 5.91 Å². The first-order valence-electron chi connectivity index (χ1n) is 5.36. The number of carbonyl (C=O) groups is 2. The molecule has 0 atom stereocenters. The number of carbonyl (C=O) groups excluding carboxylic acids is 2. The second kappa shape index (κ2) is 6.79. The third-order valence-electron chi connectivity index (χ3n) is 2.13. The SMILES string of the molecule is CNC(=O)CNC(=O)c1cc(C)c(C#CCN)s1. The van der Waals surface area contributed by atoms with Crippen LogP contribution >= 0.6 is 11.3 Å². The number of thiophene rings is 1. The topological polar surface area (TPSA) is 84.2 Å². The average molecular weight is 265 g/mol. The lowest BCUT2D eigenvalue weighted by Crippen LogP contribution is -2.34. The standard InChI is InChI=1S/C12H15N3O2S/c1-8-6-10(18-9(8)4-3-5-13)12(17)15-7-11(16)14-2/h6H,5,7,13H2,1-2H3,(H,14,16)(H,15,17). The Kier molecular flexibility index (Phi) is 5.36. The van der Waals surface area contributed by atoms with Crippen molar-refractivity contribution in [2.75, 3.05) is 20.1 Å². The monoisotopic (exact) mass is 265 g/mol. The first kappa shape index (κ1) is 14.2. The van der Waals surface area contributed by atoms with Crippen LogP contribution in [0.4, 0.5) is 0 Å². The van der Waals surface area contributed by atoms with Crippen LogP contribution in [0.15, 0.2) is 6.07 Å². The number of hydrogen-bond acceptors (Lipinski definition) is 4. The summed E-state index contributed by atoms with van der Waals surface area (Å²) in [7, 11) is 1.52. The molecule has 1 rings (SSSR count). The largest absolute Gasteiger partial charge is 0.358 e. The predicted molar refractivity (Wildman–Crippen MR) is 71.4 cm³/mol. The van der Waals surface area contributed by atoms with Crippen molar-refractivity contribution in [3.8, 4) is 11.8 Å². The number of hydrogen-bond donors (Lipinski definition) is 3. The van der Waals surface area contributed by atoms with E-state index in [2.05, 4.69) is 22.5 Å². The van der Waals surface area contributed by atoms with Gasteiger partial charge in [-0.1, -0.05) is 11.8 Å². The fraction of sp³-hybridized carbons (Fsp3) is 0.333. The van der Waals surface area contributed by atoms with Gasteiger partial charge in [0.25, 0.3) is 5.91 Å². The highest BCUT2D eigenvalue weighted by Gasteiger charge is 2.12. The van der Waals surface area contributed by atoms with Crippen molar-refractivity contribution >= 4 is 23.2 Å². The third kappa shape index (κ3) is 3.87. The molecular formula is C12H15N3O2S. The van der Waals surface area contributed by atoms with E-state index >= 15 is 0 Å². The molecule has 18 heavy (non-hydrogen) atoms. The molecule has 0 spiro atoms. The van der Waals surface area contributed by atoms with Crippen LogP contribution in [0.3, 0.4) is 0 Å². The van der Waals surface area contributed by atoms with Gasteiger partial charge in [-0.15, -0.1) is 11.3 Å². The van der Waals surface area contributed by atoms with E-state index in [1.807, 2.05) is 6.92 Å². The Morgan fingerprint density at radius 2 is 2.22 bits per heavy atom. The minimum atomic E-state index is -0.271. The fourth-order valence-corrected chi connectivity index (χ4v) is 2.15. The summed E-state index contributed by atoms with van der Waals surface area (Å²) in [5.74, 6) is 5.15. The van der Waals surface area contributed by atoms with Crippen LogP contribution in [-0.2, 0) is 4.79 Å². The lowest BCUT2D eigenvalue weighted by Gasteiger charge is -2.01. The van der Waals surface area contributed by atoms with Crippen molar-refractivity contribution in [2.45, 2.75) is 6.92 Å². The van der Waals surface area contributed by atoms with Crippen molar-refractivity contribution in [1.29, 1.82) is 0 Å². The van der Waals surface area contributed by atoms with Gasteiger partial charge in [0.05, 0.1) is 22.8 Å². The molecule has 0 fully saturated rings. The average Bonchev–Trinajstić information content (AvgIpc) is 2.74. The van der Waals surface area contributed by atoms with Gasteiger partial charge in [-0.3, -0.25) is 9.59 Å². The van der Waals surface area contributed by atoms with Crippen molar-refractivity contribution in [2.24, 2.45) is 5.73 Å². The van der Waals surface area contributed by atoms with E-state index in [4.69, 9.17) is 5.73 Å². The molecule has 0 saturated carbocycles. The van der Waals surface area contributed by atoms with Crippen molar-refractivity contribution in [1.82, 2.24) is 10.6 Å². The smallest absolute Gasteiger partial charge is 0.261 e. The molecule has 0 saturated heterocycles. The highest BCUT2D eigenvalue weighted by molar-refractivity contribution is 7.14. The van der Waals surface area contributed by atoms with Crippen LogP contribution in [0, 0.1) is 18.8 Å². The Bertz CT molecular complexity index is 511. The van der Waals surface area contributed by atoms with E-state index in [-0.39, 0.29) is 24.9 Å². The van der Waals surface area contributed by atoms with E-state index in [9.17, 15) is 9.59 Å². The van der Waals surface area contributed by atoms with Crippen LogP contribution in [-0.4, -0.2) is 32.0 Å². The minimum Gasteiger partial charge on any atom is -0.358 e. The molecule has 0 aliphatic rings. The van der Waals surface area contributed by atoms with Gasteiger partial charge in [0.1, 0.15) is 0 Å². The summed E-state index contributed by atoms with van der Waals surface area (Å²) in [4.78, 5) is 24.1. The van der Waals surface area contributed by atoms with E-state index in [1.165, 1.54) is 18.4 Å². The second-order valence-corrected chi connectivity index (χ2v) is 4.54. The van der Waals surface area contributed by atoms with Crippen LogP contribution < -0.4 is 16.4 Å². The molecule has 0 aromatic carbocycles.